The molecule has 1 aliphatic heterocycles. The fraction of sp³-hybridized carbons (Fsp3) is 0.304. The van der Waals surface area contributed by atoms with Crippen molar-refractivity contribution in [2.24, 2.45) is 7.05 Å². The van der Waals surface area contributed by atoms with Crippen LogP contribution in [0.25, 0.3) is 33.4 Å². The highest BCUT2D eigenvalue weighted by molar-refractivity contribution is 5.94. The van der Waals surface area contributed by atoms with E-state index in [9.17, 15) is 0 Å². The van der Waals surface area contributed by atoms with Crippen LogP contribution in [0, 0.1) is 0 Å². The van der Waals surface area contributed by atoms with Gasteiger partial charge in [0.1, 0.15) is 5.65 Å². The van der Waals surface area contributed by atoms with E-state index in [-0.39, 0.29) is 0 Å². The van der Waals surface area contributed by atoms with Gasteiger partial charge in [-0.15, -0.1) is 0 Å². The van der Waals surface area contributed by atoms with Crippen LogP contribution >= 0.6 is 0 Å². The molecule has 4 heterocycles. The number of rotatable bonds is 4. The number of aromatic nitrogens is 4. The third-order valence-electron chi connectivity index (χ3n) is 5.92. The van der Waals surface area contributed by atoms with Gasteiger partial charge in [-0.05, 0) is 30.3 Å². The van der Waals surface area contributed by atoms with E-state index in [1.54, 1.807) is 0 Å². The van der Waals surface area contributed by atoms with E-state index in [1.807, 2.05) is 36.4 Å². The number of nitrogens with zero attached hydrogens (tertiary/aromatic N) is 5. The first-order valence-corrected chi connectivity index (χ1v) is 10.1. The lowest BCUT2D eigenvalue weighted by Crippen LogP contribution is -2.43. The zero-order valence-electron chi connectivity index (χ0n) is 17.0. The van der Waals surface area contributed by atoms with Gasteiger partial charge in [-0.3, -0.25) is 9.58 Å². The first-order valence-electron chi connectivity index (χ1n) is 10.1. The van der Waals surface area contributed by atoms with Crippen molar-refractivity contribution in [2.75, 3.05) is 33.2 Å². The molecule has 0 aliphatic carbocycles. The maximum absolute atomic E-state index is 4.64. The van der Waals surface area contributed by atoms with Gasteiger partial charge in [-0.1, -0.05) is 24.3 Å². The average Bonchev–Trinajstić information content (AvgIpc) is 3.35. The van der Waals surface area contributed by atoms with Crippen LogP contribution in [-0.2, 0) is 13.6 Å². The minimum atomic E-state index is 0.900. The lowest BCUT2D eigenvalue weighted by molar-refractivity contribution is 0.148. The molecular formula is C23H26N6. The second-order valence-electron chi connectivity index (χ2n) is 7.94. The molecule has 0 unspecified atom stereocenters. The summed E-state index contributed by atoms with van der Waals surface area (Å²) in [6, 6.07) is 13.2. The van der Waals surface area contributed by atoms with Gasteiger partial charge in [0, 0.05) is 74.9 Å². The molecule has 0 bridgehead atoms. The van der Waals surface area contributed by atoms with Crippen molar-refractivity contribution in [3.05, 3.63) is 60.6 Å². The van der Waals surface area contributed by atoms with E-state index in [0.717, 1.165) is 60.6 Å². The molecule has 29 heavy (non-hydrogen) atoms. The second-order valence-corrected chi connectivity index (χ2v) is 7.94. The smallest absolute Gasteiger partial charge is 0.137 e. The predicted octanol–water partition coefficient (Wildman–Crippen LogP) is 3.38. The Kier molecular flexibility index (Phi) is 4.66. The highest BCUT2D eigenvalue weighted by Gasteiger charge is 2.14. The van der Waals surface area contributed by atoms with E-state index in [2.05, 4.69) is 62.2 Å². The van der Waals surface area contributed by atoms with Crippen LogP contribution in [-0.4, -0.2) is 62.8 Å². The van der Waals surface area contributed by atoms with Crippen molar-refractivity contribution < 1.29 is 0 Å². The summed E-state index contributed by atoms with van der Waals surface area (Å²) in [7, 11) is 4.16. The lowest BCUT2D eigenvalue weighted by atomic mass is 10.0. The van der Waals surface area contributed by atoms with Crippen molar-refractivity contribution in [1.29, 1.82) is 0 Å². The molecule has 3 aromatic heterocycles. The number of aryl methyl sites for hydroxylation is 1. The first-order chi connectivity index (χ1) is 14.2. The highest BCUT2D eigenvalue weighted by Crippen LogP contribution is 2.30. The molecule has 5 rings (SSSR count). The van der Waals surface area contributed by atoms with Gasteiger partial charge in [-0.2, -0.15) is 5.10 Å². The zero-order chi connectivity index (χ0) is 19.8. The molecule has 6 nitrogen and oxygen atoms in total. The number of hydrogen-bond donors (Lipinski definition) is 1. The van der Waals surface area contributed by atoms with Gasteiger partial charge in [0.25, 0.3) is 0 Å². The third-order valence-corrected chi connectivity index (χ3v) is 5.92. The number of piperazine rings is 1. The van der Waals surface area contributed by atoms with Crippen molar-refractivity contribution in [3.8, 4) is 22.4 Å². The molecule has 1 aliphatic rings. The number of fused-ring (bicyclic) bond motifs is 1. The van der Waals surface area contributed by atoms with Crippen molar-refractivity contribution in [3.63, 3.8) is 0 Å². The maximum Gasteiger partial charge on any atom is 0.137 e. The highest BCUT2D eigenvalue weighted by atomic mass is 15.3. The molecule has 4 aromatic rings. The molecule has 1 saturated heterocycles. The van der Waals surface area contributed by atoms with E-state index < -0.39 is 0 Å². The molecule has 6 heteroatoms. The summed E-state index contributed by atoms with van der Waals surface area (Å²) in [5.74, 6) is 0. The molecule has 1 N–H and O–H groups in total. The van der Waals surface area contributed by atoms with E-state index in [0.29, 0.717) is 0 Å². The normalized spacial score (nSPS) is 15.9. The van der Waals surface area contributed by atoms with Gasteiger partial charge in [-0.25, -0.2) is 4.98 Å². The zero-order valence-corrected chi connectivity index (χ0v) is 17.0. The molecule has 1 aromatic carbocycles. The summed E-state index contributed by atoms with van der Waals surface area (Å²) < 4.78 is 1.89. The minimum Gasteiger partial charge on any atom is -0.345 e. The Labute approximate surface area is 170 Å². The first kappa shape index (κ1) is 18.1. The molecule has 0 amide bonds. The molecule has 0 radical (unpaired) electrons. The fourth-order valence-corrected chi connectivity index (χ4v) is 4.08. The Hall–Kier alpha value is -2.96. The summed E-state index contributed by atoms with van der Waals surface area (Å²) in [6.45, 7) is 5.61. The SMILES string of the molecule is CN1CCN(Cc2ccc(-c3cnc4[nH]cc(-c5ccnn5C)c4c3)cc2)CC1. The average molecular weight is 387 g/mol. The van der Waals surface area contributed by atoms with Crippen LogP contribution in [0.4, 0.5) is 0 Å². The fourth-order valence-electron chi connectivity index (χ4n) is 4.08. The van der Waals surface area contributed by atoms with Crippen molar-refractivity contribution >= 4 is 11.0 Å². The number of aromatic amines is 1. The maximum atomic E-state index is 4.64. The minimum absolute atomic E-state index is 0.900. The van der Waals surface area contributed by atoms with Gasteiger partial charge >= 0.3 is 0 Å². The Bertz CT molecular complexity index is 1120. The summed E-state index contributed by atoms with van der Waals surface area (Å²) in [6.07, 6.45) is 5.78. The summed E-state index contributed by atoms with van der Waals surface area (Å²) in [4.78, 5) is 12.8. The van der Waals surface area contributed by atoms with E-state index >= 15 is 0 Å². The number of H-pyrrole nitrogens is 1. The van der Waals surface area contributed by atoms with Gasteiger partial charge in [0.15, 0.2) is 0 Å². The van der Waals surface area contributed by atoms with Gasteiger partial charge in [0.05, 0.1) is 5.69 Å². The topological polar surface area (TPSA) is 53.0 Å². The third kappa shape index (κ3) is 3.57. The van der Waals surface area contributed by atoms with Crippen LogP contribution < -0.4 is 0 Å². The number of nitrogens with one attached hydrogen (secondary N) is 1. The van der Waals surface area contributed by atoms with Crippen molar-refractivity contribution in [1.82, 2.24) is 29.5 Å². The lowest BCUT2D eigenvalue weighted by Gasteiger charge is -2.32. The Morgan fingerprint density at radius 1 is 0.966 bits per heavy atom. The Morgan fingerprint density at radius 3 is 2.48 bits per heavy atom. The van der Waals surface area contributed by atoms with Gasteiger partial charge in [0.2, 0.25) is 0 Å². The number of pyridine rings is 1. The Morgan fingerprint density at radius 2 is 1.76 bits per heavy atom. The molecule has 0 atom stereocenters. The monoisotopic (exact) mass is 386 g/mol. The summed E-state index contributed by atoms with van der Waals surface area (Å²) >= 11 is 0. The van der Waals surface area contributed by atoms with Crippen LogP contribution in [0.2, 0.25) is 0 Å². The largest absolute Gasteiger partial charge is 0.345 e. The predicted molar refractivity (Wildman–Crippen MR) is 117 cm³/mol. The number of hydrogen-bond acceptors (Lipinski definition) is 4. The Balaban J connectivity index is 1.40. The molecule has 148 valence electrons. The molecule has 1 fully saturated rings. The van der Waals surface area contributed by atoms with Crippen molar-refractivity contribution in [2.45, 2.75) is 6.54 Å². The van der Waals surface area contributed by atoms with Crippen LogP contribution in [0.1, 0.15) is 5.56 Å². The molecular weight excluding hydrogens is 360 g/mol. The number of likely N-dealkylation sites (N-methyl/N-ethyl adjacent to an activating group) is 1. The second kappa shape index (κ2) is 7.46. The van der Waals surface area contributed by atoms with E-state index in [1.165, 1.54) is 11.1 Å². The van der Waals surface area contributed by atoms with E-state index in [4.69, 9.17) is 0 Å². The number of benzene rings is 1. The van der Waals surface area contributed by atoms with Crippen LogP contribution in [0.15, 0.2) is 55.0 Å². The standard InChI is InChI=1S/C23H26N6/c1-27-9-11-29(12-10-27)16-17-3-5-18(6-4-17)19-13-20-21(15-25-23(20)24-14-19)22-7-8-26-28(22)2/h3-8,13-15H,9-12,16H2,1-2H3,(H,24,25). The summed E-state index contributed by atoms with van der Waals surface area (Å²) in [5, 5.41) is 5.42. The van der Waals surface area contributed by atoms with Crippen LogP contribution in [0.5, 0.6) is 0 Å². The summed E-state index contributed by atoms with van der Waals surface area (Å²) in [5.41, 5.74) is 6.80. The van der Waals surface area contributed by atoms with Crippen LogP contribution in [0.3, 0.4) is 0 Å². The van der Waals surface area contributed by atoms with Gasteiger partial charge < -0.3 is 9.88 Å². The molecule has 0 saturated carbocycles. The quantitative estimate of drug-likeness (QED) is 0.584. The molecule has 0 spiro atoms.